The molecule has 0 bridgehead atoms. The maximum atomic E-state index is 12.8. The van der Waals surface area contributed by atoms with E-state index in [1.165, 1.54) is 19.1 Å². The Balaban J connectivity index is 2.67. The molecule has 1 N–H and O–H groups in total. The van der Waals surface area contributed by atoms with Crippen LogP contribution in [0.4, 0.5) is 4.39 Å². The van der Waals surface area contributed by atoms with Crippen LogP contribution in [0.25, 0.3) is 0 Å². The zero-order valence-electron chi connectivity index (χ0n) is 8.08. The van der Waals surface area contributed by atoms with Gasteiger partial charge in [0.05, 0.1) is 5.75 Å². The minimum atomic E-state index is -0.529. The van der Waals surface area contributed by atoms with Crippen LogP contribution in [0, 0.1) is 17.7 Å². The third-order valence-electron chi connectivity index (χ3n) is 1.46. The van der Waals surface area contributed by atoms with E-state index >= 15 is 0 Å². The second kappa shape index (κ2) is 5.42. The molecule has 0 aromatic heterocycles. The molecule has 0 amide bonds. The monoisotopic (exact) mass is 224 g/mol. The van der Waals surface area contributed by atoms with Gasteiger partial charge in [-0.3, -0.25) is 4.79 Å². The Kier molecular flexibility index (Phi) is 4.19. The van der Waals surface area contributed by atoms with Gasteiger partial charge in [0.1, 0.15) is 11.6 Å². The van der Waals surface area contributed by atoms with Crippen LogP contribution in [0.15, 0.2) is 18.2 Å². The van der Waals surface area contributed by atoms with Crippen LogP contribution >= 0.6 is 11.8 Å². The van der Waals surface area contributed by atoms with E-state index in [9.17, 15) is 9.18 Å². The summed E-state index contributed by atoms with van der Waals surface area (Å²) in [6.45, 7) is 1.46. The highest BCUT2D eigenvalue weighted by molar-refractivity contribution is 8.13. The van der Waals surface area contributed by atoms with Crippen molar-refractivity contribution in [3.05, 3.63) is 29.6 Å². The van der Waals surface area contributed by atoms with Gasteiger partial charge in [-0.15, -0.1) is 0 Å². The van der Waals surface area contributed by atoms with Gasteiger partial charge in [-0.05, 0) is 12.1 Å². The van der Waals surface area contributed by atoms with Crippen molar-refractivity contribution in [2.75, 3.05) is 5.75 Å². The summed E-state index contributed by atoms with van der Waals surface area (Å²) in [5, 5.41) is 9.06. The van der Waals surface area contributed by atoms with Crippen LogP contribution in [0.3, 0.4) is 0 Å². The normalized spacial score (nSPS) is 9.20. The van der Waals surface area contributed by atoms with Crippen molar-refractivity contribution >= 4 is 16.9 Å². The Labute approximate surface area is 91.5 Å². The molecule has 0 aliphatic carbocycles. The third kappa shape index (κ3) is 4.52. The molecule has 0 saturated carbocycles. The average Bonchev–Trinajstić information content (AvgIpc) is 2.10. The Morgan fingerprint density at radius 1 is 1.53 bits per heavy atom. The molecule has 0 radical (unpaired) electrons. The lowest BCUT2D eigenvalue weighted by Gasteiger charge is -1.94. The molecule has 1 rings (SSSR count). The molecular formula is C11H9FO2S. The van der Waals surface area contributed by atoms with Gasteiger partial charge in [-0.25, -0.2) is 4.39 Å². The Morgan fingerprint density at radius 2 is 2.27 bits per heavy atom. The minimum Gasteiger partial charge on any atom is -0.508 e. The lowest BCUT2D eigenvalue weighted by atomic mass is 10.2. The predicted octanol–water partition coefficient (Wildman–Crippen LogP) is 2.16. The van der Waals surface area contributed by atoms with E-state index in [1.54, 1.807) is 0 Å². The summed E-state index contributed by atoms with van der Waals surface area (Å²) in [7, 11) is 0. The fraction of sp³-hybridized carbons (Fsp3) is 0.182. The summed E-state index contributed by atoms with van der Waals surface area (Å²) < 4.78 is 12.8. The fourth-order valence-corrected chi connectivity index (χ4v) is 1.27. The van der Waals surface area contributed by atoms with Crippen molar-refractivity contribution in [1.29, 1.82) is 0 Å². The van der Waals surface area contributed by atoms with Crippen LogP contribution in [0.1, 0.15) is 12.5 Å². The van der Waals surface area contributed by atoms with Crippen molar-refractivity contribution in [3.8, 4) is 17.6 Å². The number of thioether (sulfide) groups is 1. The molecule has 1 aromatic carbocycles. The number of benzene rings is 1. The van der Waals surface area contributed by atoms with Crippen LogP contribution in [-0.2, 0) is 4.79 Å². The van der Waals surface area contributed by atoms with Gasteiger partial charge in [-0.2, -0.15) is 0 Å². The van der Waals surface area contributed by atoms with Crippen LogP contribution in [-0.4, -0.2) is 16.0 Å². The van der Waals surface area contributed by atoms with Crippen molar-refractivity contribution in [2.45, 2.75) is 6.92 Å². The SMILES string of the molecule is CC(=O)SCC#Cc1cc(O)cc(F)c1. The molecule has 78 valence electrons. The van der Waals surface area contributed by atoms with E-state index in [1.807, 2.05) is 0 Å². The zero-order chi connectivity index (χ0) is 11.3. The number of halogens is 1. The van der Waals surface area contributed by atoms with Crippen LogP contribution < -0.4 is 0 Å². The Morgan fingerprint density at radius 3 is 2.87 bits per heavy atom. The highest BCUT2D eigenvalue weighted by Gasteiger charge is 1.96. The van der Waals surface area contributed by atoms with Gasteiger partial charge in [-0.1, -0.05) is 23.6 Å². The number of hydrogen-bond donors (Lipinski definition) is 1. The number of carbonyl (C=O) groups excluding carboxylic acids is 1. The maximum Gasteiger partial charge on any atom is 0.186 e. The highest BCUT2D eigenvalue weighted by atomic mass is 32.2. The number of phenolic OH excluding ortho intramolecular Hbond substituents is 1. The largest absolute Gasteiger partial charge is 0.508 e. The summed E-state index contributed by atoms with van der Waals surface area (Å²) in [5.74, 6) is 5.04. The van der Waals surface area contributed by atoms with Crippen LogP contribution in [0.5, 0.6) is 5.75 Å². The summed E-state index contributed by atoms with van der Waals surface area (Å²) in [6, 6.07) is 3.61. The molecule has 0 aliphatic rings. The lowest BCUT2D eigenvalue weighted by Crippen LogP contribution is -1.83. The van der Waals surface area contributed by atoms with Crippen molar-refractivity contribution < 1.29 is 14.3 Å². The molecule has 0 saturated heterocycles. The van der Waals surface area contributed by atoms with Crippen molar-refractivity contribution in [1.82, 2.24) is 0 Å². The van der Waals surface area contributed by atoms with E-state index in [2.05, 4.69) is 11.8 Å². The summed E-state index contributed by atoms with van der Waals surface area (Å²) in [4.78, 5) is 10.6. The second-order valence-corrected chi connectivity index (χ2v) is 3.93. The topological polar surface area (TPSA) is 37.3 Å². The second-order valence-electron chi connectivity index (χ2n) is 2.78. The first-order chi connectivity index (χ1) is 7.08. The first kappa shape index (κ1) is 11.6. The van der Waals surface area contributed by atoms with E-state index in [0.29, 0.717) is 11.3 Å². The van der Waals surface area contributed by atoms with Gasteiger partial charge in [0.2, 0.25) is 0 Å². The Bertz CT molecular complexity index is 412. The maximum absolute atomic E-state index is 12.8. The van der Waals surface area contributed by atoms with Crippen molar-refractivity contribution in [3.63, 3.8) is 0 Å². The molecule has 0 heterocycles. The summed E-state index contributed by atoms with van der Waals surface area (Å²) in [6.07, 6.45) is 0. The predicted molar refractivity (Wildman–Crippen MR) is 58.1 cm³/mol. The smallest absolute Gasteiger partial charge is 0.186 e. The van der Waals surface area contributed by atoms with Crippen molar-refractivity contribution in [2.24, 2.45) is 0 Å². The molecule has 0 unspecified atom stereocenters. The van der Waals surface area contributed by atoms with E-state index in [4.69, 9.17) is 5.11 Å². The quantitative estimate of drug-likeness (QED) is 0.743. The molecular weight excluding hydrogens is 215 g/mol. The first-order valence-corrected chi connectivity index (χ1v) is 5.18. The Hall–Kier alpha value is -1.47. The molecule has 1 aromatic rings. The lowest BCUT2D eigenvalue weighted by molar-refractivity contribution is -0.109. The third-order valence-corrected chi connectivity index (χ3v) is 2.16. The number of hydrogen-bond acceptors (Lipinski definition) is 3. The zero-order valence-corrected chi connectivity index (χ0v) is 8.90. The molecule has 4 heteroatoms. The molecule has 0 aliphatic heterocycles. The average molecular weight is 224 g/mol. The van der Waals surface area contributed by atoms with Gasteiger partial charge < -0.3 is 5.11 Å². The summed E-state index contributed by atoms with van der Waals surface area (Å²) >= 11 is 1.09. The van der Waals surface area contributed by atoms with E-state index in [0.717, 1.165) is 17.8 Å². The number of phenols is 1. The highest BCUT2D eigenvalue weighted by Crippen LogP contribution is 2.13. The molecule has 0 atom stereocenters. The van der Waals surface area contributed by atoms with Gasteiger partial charge >= 0.3 is 0 Å². The van der Waals surface area contributed by atoms with E-state index in [-0.39, 0.29) is 10.9 Å². The van der Waals surface area contributed by atoms with E-state index < -0.39 is 5.82 Å². The first-order valence-electron chi connectivity index (χ1n) is 4.20. The molecule has 0 fully saturated rings. The molecule has 0 spiro atoms. The van der Waals surface area contributed by atoms with Gasteiger partial charge in [0, 0.05) is 18.6 Å². The number of rotatable bonds is 1. The van der Waals surface area contributed by atoms with Gasteiger partial charge in [0.15, 0.2) is 5.12 Å². The number of aromatic hydroxyl groups is 1. The molecule has 15 heavy (non-hydrogen) atoms. The summed E-state index contributed by atoms with van der Waals surface area (Å²) in [5.41, 5.74) is 0.400. The molecule has 2 nitrogen and oxygen atoms in total. The fourth-order valence-electron chi connectivity index (χ4n) is 0.922. The van der Waals surface area contributed by atoms with Gasteiger partial charge in [0.25, 0.3) is 0 Å². The standard InChI is InChI=1S/C11H9FO2S/c1-8(13)15-4-2-3-9-5-10(12)7-11(14)6-9/h5-7,14H,4H2,1H3. The number of carbonyl (C=O) groups is 1. The minimum absolute atomic E-state index is 0.00797. The van der Waals surface area contributed by atoms with Crippen LogP contribution in [0.2, 0.25) is 0 Å².